The SMILES string of the molecule is Cc1ccc(NC(=O)c2ccc3cnccc3c2)nc1N1CCCC(O)C1. The fraction of sp³-hybridized carbons (Fsp3) is 0.286. The van der Waals surface area contributed by atoms with E-state index >= 15 is 0 Å². The Morgan fingerprint density at radius 3 is 2.96 bits per heavy atom. The van der Waals surface area contributed by atoms with Crippen LogP contribution in [-0.2, 0) is 0 Å². The smallest absolute Gasteiger partial charge is 0.256 e. The minimum atomic E-state index is -0.328. The van der Waals surface area contributed by atoms with Gasteiger partial charge in [0.1, 0.15) is 11.6 Å². The molecule has 3 heterocycles. The third-order valence-electron chi connectivity index (χ3n) is 4.91. The van der Waals surface area contributed by atoms with E-state index in [1.54, 1.807) is 18.5 Å². The molecule has 1 fully saturated rings. The van der Waals surface area contributed by atoms with Gasteiger partial charge in [0.2, 0.25) is 0 Å². The molecule has 2 N–H and O–H groups in total. The van der Waals surface area contributed by atoms with Gasteiger partial charge in [-0.05, 0) is 55.0 Å². The van der Waals surface area contributed by atoms with Gasteiger partial charge in [0.05, 0.1) is 6.10 Å². The van der Waals surface area contributed by atoms with E-state index in [-0.39, 0.29) is 12.0 Å². The van der Waals surface area contributed by atoms with Crippen LogP contribution in [0.1, 0.15) is 28.8 Å². The van der Waals surface area contributed by atoms with Crippen LogP contribution >= 0.6 is 0 Å². The Balaban J connectivity index is 1.56. The second-order valence-electron chi connectivity index (χ2n) is 6.97. The van der Waals surface area contributed by atoms with Gasteiger partial charge in [-0.2, -0.15) is 0 Å². The number of carbonyl (C=O) groups excluding carboxylic acids is 1. The molecule has 0 spiro atoms. The lowest BCUT2D eigenvalue weighted by atomic mass is 10.1. The van der Waals surface area contributed by atoms with E-state index in [0.717, 1.165) is 41.5 Å². The van der Waals surface area contributed by atoms with Crippen molar-refractivity contribution >= 4 is 28.3 Å². The number of aromatic nitrogens is 2. The van der Waals surface area contributed by atoms with E-state index in [1.165, 1.54) is 0 Å². The number of piperidine rings is 1. The second-order valence-corrected chi connectivity index (χ2v) is 6.97. The predicted molar refractivity (Wildman–Crippen MR) is 106 cm³/mol. The number of fused-ring (bicyclic) bond motifs is 1. The third kappa shape index (κ3) is 3.75. The Morgan fingerprint density at radius 1 is 1.22 bits per heavy atom. The van der Waals surface area contributed by atoms with Crippen molar-refractivity contribution in [1.29, 1.82) is 0 Å². The van der Waals surface area contributed by atoms with Crippen LogP contribution in [0.3, 0.4) is 0 Å². The number of aliphatic hydroxyl groups is 1. The van der Waals surface area contributed by atoms with Gasteiger partial charge in [-0.1, -0.05) is 12.1 Å². The first kappa shape index (κ1) is 17.4. The number of pyridine rings is 2. The lowest BCUT2D eigenvalue weighted by Gasteiger charge is -2.32. The number of aliphatic hydroxyl groups excluding tert-OH is 1. The molecule has 1 aliphatic heterocycles. The zero-order chi connectivity index (χ0) is 18.8. The van der Waals surface area contributed by atoms with Gasteiger partial charge in [0.15, 0.2) is 0 Å². The largest absolute Gasteiger partial charge is 0.391 e. The molecule has 0 bridgehead atoms. The number of hydrogen-bond acceptors (Lipinski definition) is 5. The highest BCUT2D eigenvalue weighted by molar-refractivity contribution is 6.06. The number of rotatable bonds is 3. The molecule has 0 radical (unpaired) electrons. The van der Waals surface area contributed by atoms with E-state index in [9.17, 15) is 9.90 Å². The van der Waals surface area contributed by atoms with Crippen LogP contribution < -0.4 is 10.2 Å². The lowest BCUT2D eigenvalue weighted by molar-refractivity contribution is 0.102. The molecule has 1 atom stereocenters. The van der Waals surface area contributed by atoms with Gasteiger partial charge >= 0.3 is 0 Å². The predicted octanol–water partition coefficient (Wildman–Crippen LogP) is 3.15. The van der Waals surface area contributed by atoms with Crippen molar-refractivity contribution in [3.63, 3.8) is 0 Å². The highest BCUT2D eigenvalue weighted by atomic mass is 16.3. The number of nitrogens with one attached hydrogen (secondary N) is 1. The molecule has 0 aliphatic carbocycles. The Morgan fingerprint density at radius 2 is 2.11 bits per heavy atom. The van der Waals surface area contributed by atoms with Crippen LogP contribution in [0.2, 0.25) is 0 Å². The van der Waals surface area contributed by atoms with Crippen LogP contribution in [0.5, 0.6) is 0 Å². The van der Waals surface area contributed by atoms with Crippen molar-refractivity contribution in [1.82, 2.24) is 9.97 Å². The Hall–Kier alpha value is -2.99. The zero-order valence-corrected chi connectivity index (χ0v) is 15.2. The Bertz CT molecular complexity index is 989. The molecule has 1 amide bonds. The second kappa shape index (κ2) is 7.32. The summed E-state index contributed by atoms with van der Waals surface area (Å²) in [4.78, 5) is 23.5. The maximum atomic E-state index is 12.7. The number of anilines is 2. The van der Waals surface area contributed by atoms with Crippen LogP contribution in [0.25, 0.3) is 10.8 Å². The van der Waals surface area contributed by atoms with Gasteiger partial charge in [-0.3, -0.25) is 9.78 Å². The zero-order valence-electron chi connectivity index (χ0n) is 15.2. The van der Waals surface area contributed by atoms with E-state index in [1.807, 2.05) is 37.3 Å². The van der Waals surface area contributed by atoms with Crippen LogP contribution in [0, 0.1) is 6.92 Å². The number of benzene rings is 1. The third-order valence-corrected chi connectivity index (χ3v) is 4.91. The van der Waals surface area contributed by atoms with Gasteiger partial charge in [0, 0.05) is 36.4 Å². The summed E-state index contributed by atoms with van der Waals surface area (Å²) in [5, 5.41) is 14.8. The summed E-state index contributed by atoms with van der Waals surface area (Å²) >= 11 is 0. The fourth-order valence-electron chi connectivity index (χ4n) is 3.47. The molecule has 1 saturated heterocycles. The monoisotopic (exact) mass is 362 g/mol. The first-order chi connectivity index (χ1) is 13.1. The van der Waals surface area contributed by atoms with Crippen molar-refractivity contribution < 1.29 is 9.90 Å². The summed E-state index contributed by atoms with van der Waals surface area (Å²) in [6.07, 6.45) is 4.92. The normalized spacial score (nSPS) is 17.1. The van der Waals surface area contributed by atoms with Crippen LogP contribution in [-0.4, -0.2) is 40.2 Å². The number of β-amino-alcohol motifs (C(OH)–C–C–N with tert-alkyl or cyclic N) is 1. The van der Waals surface area contributed by atoms with Gasteiger partial charge in [-0.25, -0.2) is 4.98 Å². The summed E-state index contributed by atoms with van der Waals surface area (Å²) in [5.74, 6) is 1.13. The number of nitrogens with zero attached hydrogens (tertiary/aromatic N) is 3. The molecule has 27 heavy (non-hydrogen) atoms. The molecule has 138 valence electrons. The quantitative estimate of drug-likeness (QED) is 0.748. The fourth-order valence-corrected chi connectivity index (χ4v) is 3.47. The summed E-state index contributed by atoms with van der Waals surface area (Å²) in [6, 6.07) is 11.2. The lowest BCUT2D eigenvalue weighted by Crippen LogP contribution is -2.39. The molecule has 6 nitrogen and oxygen atoms in total. The average molecular weight is 362 g/mol. The van der Waals surface area contributed by atoms with Crippen molar-refractivity contribution in [3.8, 4) is 0 Å². The summed E-state index contributed by atoms with van der Waals surface area (Å²) in [6.45, 7) is 3.43. The number of carbonyl (C=O) groups is 1. The molecule has 4 rings (SSSR count). The van der Waals surface area contributed by atoms with Gasteiger partial charge in [-0.15, -0.1) is 0 Å². The topological polar surface area (TPSA) is 78.4 Å². The number of hydrogen-bond donors (Lipinski definition) is 2. The minimum Gasteiger partial charge on any atom is -0.391 e. The summed E-state index contributed by atoms with van der Waals surface area (Å²) in [5.41, 5.74) is 1.60. The van der Waals surface area contributed by atoms with Gasteiger partial charge in [0.25, 0.3) is 5.91 Å². The Labute approximate surface area is 157 Å². The number of aryl methyl sites for hydroxylation is 1. The molecule has 1 unspecified atom stereocenters. The molecule has 6 heteroatoms. The average Bonchev–Trinajstić information content (AvgIpc) is 2.69. The Kier molecular flexibility index (Phi) is 4.73. The van der Waals surface area contributed by atoms with Crippen molar-refractivity contribution in [2.24, 2.45) is 0 Å². The molecule has 1 aromatic carbocycles. The minimum absolute atomic E-state index is 0.199. The van der Waals surface area contributed by atoms with E-state index in [2.05, 4.69) is 20.2 Å². The molecule has 1 aliphatic rings. The molecular weight excluding hydrogens is 340 g/mol. The van der Waals surface area contributed by atoms with E-state index < -0.39 is 0 Å². The van der Waals surface area contributed by atoms with Crippen molar-refractivity contribution in [2.75, 3.05) is 23.3 Å². The summed E-state index contributed by atoms with van der Waals surface area (Å²) < 4.78 is 0. The van der Waals surface area contributed by atoms with Crippen molar-refractivity contribution in [2.45, 2.75) is 25.9 Å². The number of amides is 1. The molecular formula is C21H22N4O2. The molecule has 2 aromatic heterocycles. The van der Waals surface area contributed by atoms with Gasteiger partial charge < -0.3 is 15.3 Å². The first-order valence-corrected chi connectivity index (χ1v) is 9.16. The summed E-state index contributed by atoms with van der Waals surface area (Å²) in [7, 11) is 0. The first-order valence-electron chi connectivity index (χ1n) is 9.16. The standard InChI is InChI=1S/C21H22N4O2/c1-14-4-7-19(23-20(14)25-10-2-3-18(26)13-25)24-21(27)16-5-6-17-12-22-9-8-15(17)11-16/h4-9,11-12,18,26H,2-3,10,13H2,1H3,(H,23,24,27). The van der Waals surface area contributed by atoms with E-state index in [4.69, 9.17) is 0 Å². The molecule has 0 saturated carbocycles. The van der Waals surface area contributed by atoms with Crippen LogP contribution in [0.4, 0.5) is 11.6 Å². The maximum Gasteiger partial charge on any atom is 0.256 e. The molecule has 3 aromatic rings. The van der Waals surface area contributed by atoms with Crippen LogP contribution in [0.15, 0.2) is 48.8 Å². The maximum absolute atomic E-state index is 12.7. The van der Waals surface area contributed by atoms with E-state index in [0.29, 0.717) is 17.9 Å². The van der Waals surface area contributed by atoms with Crippen molar-refractivity contribution in [3.05, 3.63) is 59.9 Å². The highest BCUT2D eigenvalue weighted by Crippen LogP contribution is 2.24. The highest BCUT2D eigenvalue weighted by Gasteiger charge is 2.21.